The van der Waals surface area contributed by atoms with Crippen molar-refractivity contribution in [2.24, 2.45) is 0 Å². The summed E-state index contributed by atoms with van der Waals surface area (Å²) in [6, 6.07) is 3.97. The molecular weight excluding hydrogens is 190 g/mol. The number of aromatic nitrogens is 3. The molecule has 2 heterocycles. The second kappa shape index (κ2) is 3.46. The number of hydrogen-bond donors (Lipinski definition) is 0. The average molecular weight is 203 g/mol. The Morgan fingerprint density at radius 2 is 1.93 bits per heavy atom. The largest absolute Gasteiger partial charge is 0.335 e. The molecule has 2 aromatic rings. The van der Waals surface area contributed by atoms with E-state index in [-0.39, 0.29) is 5.41 Å². The van der Waals surface area contributed by atoms with E-state index in [1.807, 2.05) is 18.3 Å². The minimum atomic E-state index is 0.116. The van der Waals surface area contributed by atoms with Crippen molar-refractivity contribution >= 4 is 0 Å². The Balaban J connectivity index is 2.33. The molecule has 2 rings (SSSR count). The maximum Gasteiger partial charge on any atom is 0.205 e. The topological polar surface area (TPSA) is 51.8 Å². The van der Waals surface area contributed by atoms with Gasteiger partial charge in [0.15, 0.2) is 0 Å². The molecule has 0 unspecified atom stereocenters. The van der Waals surface area contributed by atoms with Gasteiger partial charge in [-0.1, -0.05) is 26.8 Å². The number of nitrogens with zero attached hydrogens (tertiary/aromatic N) is 3. The molecule has 0 radical (unpaired) electrons. The van der Waals surface area contributed by atoms with Gasteiger partial charge >= 0.3 is 0 Å². The second-order valence-electron chi connectivity index (χ2n) is 4.46. The van der Waals surface area contributed by atoms with Gasteiger partial charge < -0.3 is 4.52 Å². The predicted octanol–water partition coefficient (Wildman–Crippen LogP) is 2.43. The maximum atomic E-state index is 4.92. The van der Waals surface area contributed by atoms with Crippen molar-refractivity contribution in [3.05, 3.63) is 30.1 Å². The molecule has 4 heteroatoms. The van der Waals surface area contributed by atoms with Gasteiger partial charge in [0.1, 0.15) is 11.9 Å². The molecule has 15 heavy (non-hydrogen) atoms. The van der Waals surface area contributed by atoms with Gasteiger partial charge in [-0.05, 0) is 17.0 Å². The van der Waals surface area contributed by atoms with Crippen LogP contribution in [0.25, 0.3) is 11.5 Å². The van der Waals surface area contributed by atoms with Crippen LogP contribution in [0.2, 0.25) is 0 Å². The van der Waals surface area contributed by atoms with E-state index in [0.717, 1.165) is 5.69 Å². The molecule has 4 nitrogen and oxygen atoms in total. The van der Waals surface area contributed by atoms with E-state index in [4.69, 9.17) is 4.52 Å². The van der Waals surface area contributed by atoms with E-state index in [0.29, 0.717) is 5.76 Å². The third-order valence-corrected chi connectivity index (χ3v) is 2.24. The van der Waals surface area contributed by atoms with Crippen molar-refractivity contribution in [3.8, 4) is 11.5 Å². The first-order valence-corrected chi connectivity index (χ1v) is 4.81. The van der Waals surface area contributed by atoms with Crippen molar-refractivity contribution in [3.63, 3.8) is 0 Å². The molecule has 0 aliphatic heterocycles. The predicted molar refractivity (Wildman–Crippen MR) is 56.2 cm³/mol. The number of rotatable bonds is 1. The SMILES string of the molecule is CC(C)(C)c1ccc(-c2cnno2)nc1. The van der Waals surface area contributed by atoms with Crippen molar-refractivity contribution in [2.45, 2.75) is 26.2 Å². The highest BCUT2D eigenvalue weighted by Gasteiger charge is 2.14. The van der Waals surface area contributed by atoms with Crippen LogP contribution in [0.1, 0.15) is 26.3 Å². The van der Waals surface area contributed by atoms with E-state index < -0.39 is 0 Å². The summed E-state index contributed by atoms with van der Waals surface area (Å²) in [5, 5.41) is 7.02. The Kier molecular flexibility index (Phi) is 2.26. The van der Waals surface area contributed by atoms with E-state index in [9.17, 15) is 0 Å². The van der Waals surface area contributed by atoms with Crippen molar-refractivity contribution in [1.82, 2.24) is 15.4 Å². The zero-order valence-corrected chi connectivity index (χ0v) is 9.06. The third kappa shape index (κ3) is 2.03. The zero-order chi connectivity index (χ0) is 10.9. The van der Waals surface area contributed by atoms with Crippen LogP contribution in [0, 0.1) is 0 Å². The summed E-state index contributed by atoms with van der Waals surface area (Å²) in [6.45, 7) is 6.46. The van der Waals surface area contributed by atoms with Gasteiger partial charge in [-0.3, -0.25) is 4.98 Å². The molecule has 0 N–H and O–H groups in total. The van der Waals surface area contributed by atoms with Gasteiger partial charge in [0.25, 0.3) is 0 Å². The van der Waals surface area contributed by atoms with Crippen molar-refractivity contribution in [2.75, 3.05) is 0 Å². The summed E-state index contributed by atoms with van der Waals surface area (Å²) in [5.41, 5.74) is 2.07. The minimum Gasteiger partial charge on any atom is -0.335 e. The first kappa shape index (κ1) is 9.83. The summed E-state index contributed by atoms with van der Waals surface area (Å²) in [4.78, 5) is 4.31. The Hall–Kier alpha value is -1.71. The lowest BCUT2D eigenvalue weighted by atomic mass is 9.88. The summed E-state index contributed by atoms with van der Waals surface area (Å²) in [6.07, 6.45) is 3.41. The number of hydrogen-bond acceptors (Lipinski definition) is 4. The molecule has 0 spiro atoms. The quantitative estimate of drug-likeness (QED) is 0.714. The van der Waals surface area contributed by atoms with Gasteiger partial charge in [-0.2, -0.15) is 0 Å². The van der Waals surface area contributed by atoms with Gasteiger partial charge in [0, 0.05) is 11.5 Å². The lowest BCUT2D eigenvalue weighted by molar-refractivity contribution is 0.402. The van der Waals surface area contributed by atoms with Crippen LogP contribution in [0.15, 0.2) is 29.0 Å². The molecule has 0 fully saturated rings. The molecule has 0 atom stereocenters. The first-order chi connectivity index (χ1) is 7.07. The van der Waals surface area contributed by atoms with Gasteiger partial charge in [-0.25, -0.2) is 0 Å². The minimum absolute atomic E-state index is 0.116. The zero-order valence-electron chi connectivity index (χ0n) is 9.06. The van der Waals surface area contributed by atoms with Crippen molar-refractivity contribution < 1.29 is 4.52 Å². The maximum absolute atomic E-state index is 4.92. The summed E-state index contributed by atoms with van der Waals surface area (Å²) in [7, 11) is 0. The van der Waals surface area contributed by atoms with Crippen LogP contribution in [0.3, 0.4) is 0 Å². The second-order valence-corrected chi connectivity index (χ2v) is 4.46. The molecule has 0 aliphatic carbocycles. The highest BCUT2D eigenvalue weighted by Crippen LogP contribution is 2.23. The van der Waals surface area contributed by atoms with E-state index in [1.165, 1.54) is 5.56 Å². The molecule has 0 aliphatic rings. The molecule has 78 valence electrons. The highest BCUT2D eigenvalue weighted by molar-refractivity contribution is 5.50. The fourth-order valence-corrected chi connectivity index (χ4v) is 1.26. The van der Waals surface area contributed by atoms with Gasteiger partial charge in [0.2, 0.25) is 5.76 Å². The Bertz CT molecular complexity index is 426. The van der Waals surface area contributed by atoms with Crippen LogP contribution in [-0.4, -0.2) is 15.4 Å². The van der Waals surface area contributed by atoms with Crippen LogP contribution >= 0.6 is 0 Å². The summed E-state index contributed by atoms with van der Waals surface area (Å²) in [5.74, 6) is 0.593. The lowest BCUT2D eigenvalue weighted by Crippen LogP contribution is -2.11. The molecular formula is C11H13N3O. The smallest absolute Gasteiger partial charge is 0.205 e. The monoisotopic (exact) mass is 203 g/mol. The standard InChI is InChI=1S/C11H13N3O/c1-11(2,3)8-4-5-9(12-6-8)10-7-13-14-15-10/h4-7H,1-3H3. The van der Waals surface area contributed by atoms with E-state index >= 15 is 0 Å². The van der Waals surface area contributed by atoms with Crippen LogP contribution in [-0.2, 0) is 5.41 Å². The fourth-order valence-electron chi connectivity index (χ4n) is 1.26. The number of pyridine rings is 1. The molecule has 0 amide bonds. The van der Waals surface area contributed by atoms with Crippen LogP contribution < -0.4 is 0 Å². The first-order valence-electron chi connectivity index (χ1n) is 4.81. The average Bonchev–Trinajstić information content (AvgIpc) is 2.69. The summed E-state index contributed by atoms with van der Waals surface area (Å²) >= 11 is 0. The van der Waals surface area contributed by atoms with E-state index in [1.54, 1.807) is 6.20 Å². The normalized spacial score (nSPS) is 11.7. The molecule has 0 bridgehead atoms. The fraction of sp³-hybridized carbons (Fsp3) is 0.364. The Morgan fingerprint density at radius 1 is 1.13 bits per heavy atom. The Labute approximate surface area is 88.3 Å². The van der Waals surface area contributed by atoms with Gasteiger partial charge in [0.05, 0.1) is 0 Å². The van der Waals surface area contributed by atoms with Crippen LogP contribution in [0.4, 0.5) is 0 Å². The highest BCUT2D eigenvalue weighted by atomic mass is 16.5. The molecule has 0 saturated heterocycles. The summed E-state index contributed by atoms with van der Waals surface area (Å²) < 4.78 is 4.92. The molecule has 0 aromatic carbocycles. The molecule has 0 saturated carbocycles. The lowest BCUT2D eigenvalue weighted by Gasteiger charge is -2.18. The van der Waals surface area contributed by atoms with Crippen molar-refractivity contribution in [1.29, 1.82) is 0 Å². The third-order valence-electron chi connectivity index (χ3n) is 2.24. The van der Waals surface area contributed by atoms with Crippen LogP contribution in [0.5, 0.6) is 0 Å². The molecule has 2 aromatic heterocycles. The Morgan fingerprint density at radius 3 is 2.40 bits per heavy atom. The van der Waals surface area contributed by atoms with E-state index in [2.05, 4.69) is 36.1 Å². The van der Waals surface area contributed by atoms with Gasteiger partial charge in [-0.15, -0.1) is 5.10 Å².